The maximum Gasteiger partial charge on any atom is 0.337 e. The first-order valence-electron chi connectivity index (χ1n) is 7.48. The summed E-state index contributed by atoms with van der Waals surface area (Å²) in [5.74, 6) is -0.321. The van der Waals surface area contributed by atoms with Crippen LogP contribution in [0.1, 0.15) is 21.5 Å². The van der Waals surface area contributed by atoms with E-state index >= 15 is 0 Å². The summed E-state index contributed by atoms with van der Waals surface area (Å²) in [5, 5.41) is 4.52. The molecule has 2 heterocycles. The van der Waals surface area contributed by atoms with Gasteiger partial charge in [-0.05, 0) is 54.6 Å². The predicted molar refractivity (Wildman–Crippen MR) is 91.9 cm³/mol. The molecular formula is C19H16N2O2. The number of aryl methyl sites for hydroxylation is 2. The van der Waals surface area contributed by atoms with Crippen molar-refractivity contribution in [1.29, 1.82) is 0 Å². The first-order valence-corrected chi connectivity index (χ1v) is 7.48. The Hall–Kier alpha value is -2.88. The number of carbonyl (C=O) groups excluding carboxylic acids is 1. The third kappa shape index (κ3) is 1.84. The van der Waals surface area contributed by atoms with E-state index in [9.17, 15) is 4.79 Å². The van der Waals surface area contributed by atoms with E-state index in [2.05, 4.69) is 23.8 Å². The molecule has 4 heteroatoms. The smallest absolute Gasteiger partial charge is 0.337 e. The first kappa shape index (κ1) is 13.8. The summed E-state index contributed by atoms with van der Waals surface area (Å²) in [6.45, 7) is 4.21. The molecule has 0 spiro atoms. The average Bonchev–Trinajstić information content (AvgIpc) is 2.98. The highest BCUT2D eigenvalue weighted by atomic mass is 16.5. The molecule has 2 aromatic carbocycles. The second kappa shape index (κ2) is 4.81. The molecule has 4 aromatic rings. The molecule has 0 atom stereocenters. The lowest BCUT2D eigenvalue weighted by atomic mass is 9.96. The minimum atomic E-state index is -0.321. The van der Waals surface area contributed by atoms with Crippen LogP contribution in [0.3, 0.4) is 0 Å². The van der Waals surface area contributed by atoms with Crippen molar-refractivity contribution in [2.75, 3.05) is 7.11 Å². The average molecular weight is 304 g/mol. The number of carbonyl (C=O) groups is 1. The fourth-order valence-corrected chi connectivity index (χ4v) is 3.40. The van der Waals surface area contributed by atoms with Crippen LogP contribution in [0, 0.1) is 13.8 Å². The Labute approximate surface area is 133 Å². The van der Waals surface area contributed by atoms with Gasteiger partial charge in [-0.3, -0.25) is 4.98 Å². The number of benzene rings is 2. The summed E-state index contributed by atoms with van der Waals surface area (Å²) < 4.78 is 4.84. The molecule has 0 fully saturated rings. The second-order valence-corrected chi connectivity index (χ2v) is 5.80. The van der Waals surface area contributed by atoms with Gasteiger partial charge in [0.05, 0.1) is 18.2 Å². The number of hydrogen-bond donors (Lipinski definition) is 1. The highest BCUT2D eigenvalue weighted by Gasteiger charge is 2.15. The molecule has 0 aliphatic carbocycles. The van der Waals surface area contributed by atoms with E-state index in [1.165, 1.54) is 23.6 Å². The largest absolute Gasteiger partial charge is 0.465 e. The van der Waals surface area contributed by atoms with Gasteiger partial charge >= 0.3 is 5.97 Å². The number of methoxy groups -OCH3 is 1. The number of rotatable bonds is 1. The summed E-state index contributed by atoms with van der Waals surface area (Å²) in [4.78, 5) is 19.6. The van der Waals surface area contributed by atoms with Crippen LogP contribution in [0.2, 0.25) is 0 Å². The van der Waals surface area contributed by atoms with Crippen LogP contribution in [0.5, 0.6) is 0 Å². The van der Waals surface area contributed by atoms with Crippen LogP contribution >= 0.6 is 0 Å². The maximum atomic E-state index is 11.8. The van der Waals surface area contributed by atoms with Crippen molar-refractivity contribution in [3.05, 3.63) is 53.3 Å². The van der Waals surface area contributed by atoms with Gasteiger partial charge in [-0.1, -0.05) is 0 Å². The molecule has 4 nitrogen and oxygen atoms in total. The molecule has 0 aliphatic heterocycles. The van der Waals surface area contributed by atoms with Gasteiger partial charge in [-0.2, -0.15) is 0 Å². The van der Waals surface area contributed by atoms with Crippen molar-refractivity contribution >= 4 is 38.5 Å². The van der Waals surface area contributed by atoms with Crippen molar-refractivity contribution < 1.29 is 9.53 Å². The van der Waals surface area contributed by atoms with E-state index in [1.807, 2.05) is 30.6 Å². The Morgan fingerprint density at radius 1 is 1.09 bits per heavy atom. The van der Waals surface area contributed by atoms with Crippen LogP contribution in [0.15, 0.2) is 36.7 Å². The Morgan fingerprint density at radius 2 is 1.91 bits per heavy atom. The van der Waals surface area contributed by atoms with E-state index in [0.29, 0.717) is 5.56 Å². The Morgan fingerprint density at radius 3 is 2.70 bits per heavy atom. The van der Waals surface area contributed by atoms with Gasteiger partial charge in [-0.15, -0.1) is 0 Å². The van der Waals surface area contributed by atoms with Crippen LogP contribution < -0.4 is 0 Å². The summed E-state index contributed by atoms with van der Waals surface area (Å²) in [5.41, 5.74) is 5.05. The van der Waals surface area contributed by atoms with E-state index in [-0.39, 0.29) is 5.97 Å². The standard InChI is InChI=1S/C19H16N2O2/c1-10-15-9-20-7-6-13(15)11(2)18-17(10)14-8-12(19(22)23-3)4-5-16(14)21-18/h4-9,21H,1-3H3. The van der Waals surface area contributed by atoms with Gasteiger partial charge in [0.25, 0.3) is 0 Å². The Bertz CT molecular complexity index is 1090. The molecule has 2 aromatic heterocycles. The van der Waals surface area contributed by atoms with E-state index < -0.39 is 0 Å². The quantitative estimate of drug-likeness (QED) is 0.534. The van der Waals surface area contributed by atoms with Gasteiger partial charge in [0.2, 0.25) is 0 Å². The lowest BCUT2D eigenvalue weighted by Gasteiger charge is -2.08. The lowest BCUT2D eigenvalue weighted by molar-refractivity contribution is 0.0601. The number of H-pyrrole nitrogens is 1. The van der Waals surface area contributed by atoms with Crippen LogP contribution in [0.4, 0.5) is 0 Å². The molecular weight excluding hydrogens is 288 g/mol. The van der Waals surface area contributed by atoms with Gasteiger partial charge in [-0.25, -0.2) is 4.79 Å². The summed E-state index contributed by atoms with van der Waals surface area (Å²) in [6.07, 6.45) is 3.72. The predicted octanol–water partition coefficient (Wildman–Crippen LogP) is 4.27. The number of nitrogens with zero attached hydrogens (tertiary/aromatic N) is 1. The molecule has 114 valence electrons. The highest BCUT2D eigenvalue weighted by molar-refractivity contribution is 6.17. The van der Waals surface area contributed by atoms with Crippen LogP contribution in [-0.4, -0.2) is 23.0 Å². The van der Waals surface area contributed by atoms with Gasteiger partial charge < -0.3 is 9.72 Å². The molecule has 0 saturated heterocycles. The van der Waals surface area contributed by atoms with Gasteiger partial charge in [0.1, 0.15) is 0 Å². The topological polar surface area (TPSA) is 55.0 Å². The number of nitrogens with one attached hydrogen (secondary N) is 1. The zero-order valence-electron chi connectivity index (χ0n) is 13.2. The van der Waals surface area contributed by atoms with Crippen molar-refractivity contribution in [1.82, 2.24) is 9.97 Å². The number of pyridine rings is 1. The molecule has 23 heavy (non-hydrogen) atoms. The zero-order valence-corrected chi connectivity index (χ0v) is 13.2. The third-order valence-corrected chi connectivity index (χ3v) is 4.60. The zero-order chi connectivity index (χ0) is 16.1. The first-order chi connectivity index (χ1) is 11.1. The number of ether oxygens (including phenoxy) is 1. The molecule has 0 aliphatic rings. The third-order valence-electron chi connectivity index (χ3n) is 4.60. The molecule has 1 N–H and O–H groups in total. The van der Waals surface area contributed by atoms with Gasteiger partial charge in [0, 0.05) is 34.1 Å². The van der Waals surface area contributed by atoms with Gasteiger partial charge in [0.15, 0.2) is 0 Å². The summed E-state index contributed by atoms with van der Waals surface area (Å²) >= 11 is 0. The minimum Gasteiger partial charge on any atom is -0.465 e. The number of fused-ring (bicyclic) bond motifs is 4. The summed E-state index contributed by atoms with van der Waals surface area (Å²) in [6, 6.07) is 7.66. The fraction of sp³-hybridized carbons (Fsp3) is 0.158. The monoisotopic (exact) mass is 304 g/mol. The number of aromatic nitrogens is 2. The van der Waals surface area contributed by atoms with Crippen LogP contribution in [0.25, 0.3) is 32.6 Å². The Kier molecular flexibility index (Phi) is 2.88. The molecule has 0 bridgehead atoms. The number of aromatic amines is 1. The molecule has 0 amide bonds. The minimum absolute atomic E-state index is 0.321. The Balaban J connectivity index is 2.20. The SMILES string of the molecule is COC(=O)c1ccc2[nH]c3c(C)c4ccncc4c(C)c3c2c1. The van der Waals surface area contributed by atoms with Crippen LogP contribution in [-0.2, 0) is 4.74 Å². The lowest BCUT2D eigenvalue weighted by Crippen LogP contribution is -2.00. The number of hydrogen-bond acceptors (Lipinski definition) is 3. The van der Waals surface area contributed by atoms with E-state index in [4.69, 9.17) is 4.74 Å². The maximum absolute atomic E-state index is 11.8. The number of esters is 1. The molecule has 0 unspecified atom stereocenters. The molecule has 4 rings (SSSR count). The molecule has 0 saturated carbocycles. The van der Waals surface area contributed by atoms with Crippen molar-refractivity contribution in [3.8, 4) is 0 Å². The fourth-order valence-electron chi connectivity index (χ4n) is 3.40. The van der Waals surface area contributed by atoms with Crippen molar-refractivity contribution in [3.63, 3.8) is 0 Å². The van der Waals surface area contributed by atoms with E-state index in [1.54, 1.807) is 6.07 Å². The van der Waals surface area contributed by atoms with Crippen molar-refractivity contribution in [2.24, 2.45) is 0 Å². The summed E-state index contributed by atoms with van der Waals surface area (Å²) in [7, 11) is 1.40. The second-order valence-electron chi connectivity index (χ2n) is 5.80. The van der Waals surface area contributed by atoms with E-state index in [0.717, 1.165) is 27.2 Å². The molecule has 0 radical (unpaired) electrons. The highest BCUT2D eigenvalue weighted by Crippen LogP contribution is 2.36. The van der Waals surface area contributed by atoms with Crippen molar-refractivity contribution in [2.45, 2.75) is 13.8 Å². The normalized spacial score (nSPS) is 11.4.